The van der Waals surface area contributed by atoms with Crippen LogP contribution in [0.25, 0.3) is 0 Å². The Bertz CT molecular complexity index is 174. The molecule has 0 bridgehead atoms. The summed E-state index contributed by atoms with van der Waals surface area (Å²) in [5.74, 6) is 0. The minimum absolute atomic E-state index is 0. The average molecular weight is 216 g/mol. The van der Waals surface area contributed by atoms with E-state index < -0.39 is 0 Å². The standard InChI is InChI=1S/C9H13N.BrH/c1-2-3-6-9-7-4-5-8-10-9;/h4-5,7-8H,2-3,6H2,1H3;1H. The number of aromatic amines is 1. The Hall–Kier alpha value is -0.370. The van der Waals surface area contributed by atoms with Gasteiger partial charge in [-0.1, -0.05) is 19.4 Å². The van der Waals surface area contributed by atoms with Gasteiger partial charge < -0.3 is 17.0 Å². The summed E-state index contributed by atoms with van der Waals surface area (Å²) in [6.45, 7) is 2.21. The zero-order chi connectivity index (χ0) is 7.23. The average Bonchev–Trinajstić information content (AvgIpc) is 2.03. The Kier molecular flexibility index (Phi) is 6.13. The Morgan fingerprint density at radius 3 is 2.73 bits per heavy atom. The minimum atomic E-state index is 0. The molecular formula is C9H14BrN. The Morgan fingerprint density at radius 2 is 2.18 bits per heavy atom. The SMILES string of the molecule is CCCCc1cccc[nH+]1.[Br-]. The lowest BCUT2D eigenvalue weighted by molar-refractivity contribution is -0.390. The Labute approximate surface area is 78.6 Å². The van der Waals surface area contributed by atoms with E-state index in [9.17, 15) is 0 Å². The fourth-order valence-electron chi connectivity index (χ4n) is 0.953. The van der Waals surface area contributed by atoms with Crippen molar-refractivity contribution in [2.24, 2.45) is 0 Å². The third kappa shape index (κ3) is 4.14. The van der Waals surface area contributed by atoms with E-state index in [1.807, 2.05) is 12.3 Å². The molecule has 0 unspecified atom stereocenters. The summed E-state index contributed by atoms with van der Waals surface area (Å²) in [5, 5.41) is 0. The van der Waals surface area contributed by atoms with Gasteiger partial charge in [-0.15, -0.1) is 0 Å². The van der Waals surface area contributed by atoms with Gasteiger partial charge in [0.1, 0.15) is 0 Å². The zero-order valence-electron chi connectivity index (χ0n) is 6.81. The van der Waals surface area contributed by atoms with Crippen molar-refractivity contribution in [3.8, 4) is 0 Å². The van der Waals surface area contributed by atoms with Gasteiger partial charge in [0, 0.05) is 18.6 Å². The summed E-state index contributed by atoms with van der Waals surface area (Å²) in [7, 11) is 0. The van der Waals surface area contributed by atoms with Crippen molar-refractivity contribution in [3.63, 3.8) is 0 Å². The van der Waals surface area contributed by atoms with E-state index in [2.05, 4.69) is 24.0 Å². The third-order valence-corrected chi connectivity index (χ3v) is 1.57. The summed E-state index contributed by atoms with van der Waals surface area (Å²) >= 11 is 0. The summed E-state index contributed by atoms with van der Waals surface area (Å²) in [5.41, 5.74) is 1.34. The van der Waals surface area contributed by atoms with E-state index in [1.54, 1.807) is 0 Å². The molecule has 1 N–H and O–H groups in total. The summed E-state index contributed by atoms with van der Waals surface area (Å²) < 4.78 is 0. The lowest BCUT2D eigenvalue weighted by Gasteiger charge is -1.89. The van der Waals surface area contributed by atoms with Gasteiger partial charge in [0.2, 0.25) is 0 Å². The molecule has 1 aromatic rings. The highest BCUT2D eigenvalue weighted by Crippen LogP contribution is 1.96. The van der Waals surface area contributed by atoms with Crippen molar-refractivity contribution in [2.75, 3.05) is 0 Å². The minimum Gasteiger partial charge on any atom is -1.00 e. The quantitative estimate of drug-likeness (QED) is 0.605. The lowest BCUT2D eigenvalue weighted by Crippen LogP contribution is -3.00. The Balaban J connectivity index is 0.000001000. The second kappa shape index (κ2) is 6.35. The second-order valence-electron chi connectivity index (χ2n) is 2.49. The highest BCUT2D eigenvalue weighted by Gasteiger charge is 1.95. The lowest BCUT2D eigenvalue weighted by atomic mass is 10.2. The molecule has 0 saturated carbocycles. The van der Waals surface area contributed by atoms with Crippen LogP contribution >= 0.6 is 0 Å². The van der Waals surface area contributed by atoms with Crippen molar-refractivity contribution < 1.29 is 22.0 Å². The van der Waals surface area contributed by atoms with Gasteiger partial charge in [0.15, 0.2) is 11.9 Å². The molecule has 0 aliphatic heterocycles. The van der Waals surface area contributed by atoms with E-state index >= 15 is 0 Å². The van der Waals surface area contributed by atoms with E-state index in [1.165, 1.54) is 25.0 Å². The van der Waals surface area contributed by atoms with Crippen molar-refractivity contribution in [3.05, 3.63) is 30.1 Å². The monoisotopic (exact) mass is 215 g/mol. The molecule has 2 heteroatoms. The van der Waals surface area contributed by atoms with Gasteiger partial charge >= 0.3 is 0 Å². The van der Waals surface area contributed by atoms with Crippen LogP contribution in [0.2, 0.25) is 0 Å². The number of halogens is 1. The number of nitrogens with one attached hydrogen (secondary N) is 1. The van der Waals surface area contributed by atoms with E-state index in [4.69, 9.17) is 0 Å². The first-order chi connectivity index (χ1) is 4.93. The van der Waals surface area contributed by atoms with Crippen LogP contribution in [-0.4, -0.2) is 0 Å². The fourth-order valence-corrected chi connectivity index (χ4v) is 0.953. The summed E-state index contributed by atoms with van der Waals surface area (Å²) in [6, 6.07) is 6.21. The van der Waals surface area contributed by atoms with Crippen LogP contribution < -0.4 is 22.0 Å². The first-order valence-corrected chi connectivity index (χ1v) is 3.89. The molecule has 0 fully saturated rings. The molecule has 1 heterocycles. The van der Waals surface area contributed by atoms with Crippen LogP contribution in [0.1, 0.15) is 25.5 Å². The largest absolute Gasteiger partial charge is 1.00 e. The number of pyridine rings is 1. The molecule has 0 radical (unpaired) electrons. The molecule has 1 rings (SSSR count). The van der Waals surface area contributed by atoms with Gasteiger partial charge in [-0.3, -0.25) is 0 Å². The fraction of sp³-hybridized carbons (Fsp3) is 0.444. The van der Waals surface area contributed by atoms with Crippen molar-refractivity contribution in [1.82, 2.24) is 0 Å². The summed E-state index contributed by atoms with van der Waals surface area (Å²) in [6.07, 6.45) is 5.70. The van der Waals surface area contributed by atoms with Crippen molar-refractivity contribution in [2.45, 2.75) is 26.2 Å². The molecule has 0 aromatic carbocycles. The highest BCUT2D eigenvalue weighted by atomic mass is 79.9. The van der Waals surface area contributed by atoms with Crippen molar-refractivity contribution >= 4 is 0 Å². The van der Waals surface area contributed by atoms with Gasteiger partial charge in [0.05, 0.1) is 0 Å². The van der Waals surface area contributed by atoms with Crippen molar-refractivity contribution in [1.29, 1.82) is 0 Å². The number of hydrogen-bond acceptors (Lipinski definition) is 0. The van der Waals surface area contributed by atoms with Crippen LogP contribution in [0.5, 0.6) is 0 Å². The van der Waals surface area contributed by atoms with Gasteiger partial charge in [0.25, 0.3) is 0 Å². The maximum Gasteiger partial charge on any atom is 0.179 e. The smallest absolute Gasteiger partial charge is 0.179 e. The number of H-pyrrole nitrogens is 1. The van der Waals surface area contributed by atoms with Crippen LogP contribution in [0, 0.1) is 0 Å². The van der Waals surface area contributed by atoms with E-state index in [0.29, 0.717) is 0 Å². The van der Waals surface area contributed by atoms with E-state index in [0.717, 1.165) is 0 Å². The highest BCUT2D eigenvalue weighted by molar-refractivity contribution is 4.96. The Morgan fingerprint density at radius 1 is 1.36 bits per heavy atom. The zero-order valence-corrected chi connectivity index (χ0v) is 8.39. The molecular weight excluding hydrogens is 202 g/mol. The van der Waals surface area contributed by atoms with Gasteiger partial charge in [-0.25, -0.2) is 4.98 Å². The topological polar surface area (TPSA) is 14.1 Å². The molecule has 62 valence electrons. The molecule has 0 atom stereocenters. The first kappa shape index (κ1) is 10.6. The second-order valence-corrected chi connectivity index (χ2v) is 2.49. The molecule has 0 spiro atoms. The molecule has 0 saturated heterocycles. The van der Waals surface area contributed by atoms with E-state index in [-0.39, 0.29) is 17.0 Å². The van der Waals surface area contributed by atoms with Gasteiger partial charge in [-0.2, -0.15) is 0 Å². The molecule has 1 nitrogen and oxygen atoms in total. The summed E-state index contributed by atoms with van der Waals surface area (Å²) in [4.78, 5) is 3.20. The van der Waals surface area contributed by atoms with Crippen LogP contribution in [0.3, 0.4) is 0 Å². The maximum atomic E-state index is 3.20. The third-order valence-electron chi connectivity index (χ3n) is 1.57. The molecule has 0 aliphatic rings. The normalized spacial score (nSPS) is 8.82. The van der Waals surface area contributed by atoms with Crippen LogP contribution in [0.4, 0.5) is 0 Å². The molecule has 11 heavy (non-hydrogen) atoms. The predicted molar refractivity (Wildman–Crippen MR) is 41.6 cm³/mol. The molecule has 0 aliphatic carbocycles. The molecule has 1 aromatic heterocycles. The number of aromatic nitrogens is 1. The van der Waals surface area contributed by atoms with Gasteiger partial charge in [-0.05, 0) is 6.42 Å². The maximum absolute atomic E-state index is 3.20. The number of rotatable bonds is 3. The van der Waals surface area contributed by atoms with Crippen LogP contribution in [0.15, 0.2) is 24.4 Å². The number of unbranched alkanes of at least 4 members (excludes halogenated alkanes) is 1. The first-order valence-electron chi connectivity index (χ1n) is 3.89. The van der Waals surface area contributed by atoms with Crippen LogP contribution in [-0.2, 0) is 6.42 Å². The number of hydrogen-bond donors (Lipinski definition) is 0. The predicted octanol–water partition coefficient (Wildman–Crippen LogP) is -1.15. The number of aryl methyl sites for hydroxylation is 1. The molecule has 0 amide bonds.